The predicted octanol–water partition coefficient (Wildman–Crippen LogP) is 4.22. The van der Waals surface area contributed by atoms with Crippen LogP contribution in [0.25, 0.3) is 0 Å². The first-order chi connectivity index (χ1) is 22.2. The molecule has 11 nitrogen and oxygen atoms in total. The highest BCUT2D eigenvalue weighted by atomic mass is 32.2. The number of halogens is 1. The van der Waals surface area contributed by atoms with E-state index in [1.54, 1.807) is 25.1 Å². The molecule has 0 saturated heterocycles. The first-order valence-corrected chi connectivity index (χ1v) is 17.7. The molecular weight excluding hydrogens is 627 g/mol. The van der Waals surface area contributed by atoms with Gasteiger partial charge >= 0.3 is 0 Å². The number of aliphatic hydroxyl groups excluding tert-OH is 1. The fourth-order valence-corrected chi connectivity index (χ4v) is 6.56. The molecule has 0 bridgehead atoms. The van der Waals surface area contributed by atoms with Crippen LogP contribution >= 0.6 is 0 Å². The molecule has 2 aromatic rings. The lowest BCUT2D eigenvalue weighted by molar-refractivity contribution is -0.116. The molecular formula is C34H51FN4O7S. The van der Waals surface area contributed by atoms with E-state index in [1.807, 2.05) is 32.8 Å². The summed E-state index contributed by atoms with van der Waals surface area (Å²) in [5.41, 5.74) is 0.712. The van der Waals surface area contributed by atoms with Crippen molar-refractivity contribution in [2.75, 3.05) is 59.3 Å². The quantitative estimate of drug-likeness (QED) is 0.362. The maximum absolute atomic E-state index is 14.3. The van der Waals surface area contributed by atoms with E-state index in [1.165, 1.54) is 28.4 Å². The molecule has 4 atom stereocenters. The van der Waals surface area contributed by atoms with Crippen LogP contribution in [0.5, 0.6) is 5.75 Å². The molecule has 13 heteroatoms. The Morgan fingerprint density at radius 1 is 1.13 bits per heavy atom. The van der Waals surface area contributed by atoms with E-state index >= 15 is 0 Å². The van der Waals surface area contributed by atoms with Crippen molar-refractivity contribution in [3.63, 3.8) is 0 Å². The smallest absolute Gasteiger partial charge is 0.258 e. The van der Waals surface area contributed by atoms with Crippen molar-refractivity contribution in [3.8, 4) is 5.75 Å². The monoisotopic (exact) mass is 678 g/mol. The lowest BCUT2D eigenvalue weighted by Crippen LogP contribution is -2.48. The summed E-state index contributed by atoms with van der Waals surface area (Å²) < 4.78 is 53.9. The number of aliphatic hydroxyl groups is 1. The fraction of sp³-hybridized carbons (Fsp3) is 0.588. The molecule has 2 aromatic carbocycles. The van der Waals surface area contributed by atoms with Gasteiger partial charge in [-0.15, -0.1) is 0 Å². The largest absolute Gasteiger partial charge is 0.490 e. The van der Waals surface area contributed by atoms with Gasteiger partial charge < -0.3 is 29.7 Å². The normalized spacial score (nSPS) is 20.8. The molecule has 2 amide bonds. The molecule has 0 unspecified atom stereocenters. The van der Waals surface area contributed by atoms with Gasteiger partial charge in [-0.3, -0.25) is 9.59 Å². The van der Waals surface area contributed by atoms with Crippen molar-refractivity contribution in [2.45, 2.75) is 76.0 Å². The summed E-state index contributed by atoms with van der Waals surface area (Å²) in [7, 11) is 1.40. The molecule has 1 aliphatic rings. The number of nitrogens with one attached hydrogen (secondary N) is 1. The Balaban J connectivity index is 1.92. The zero-order valence-corrected chi connectivity index (χ0v) is 29.3. The van der Waals surface area contributed by atoms with E-state index in [0.29, 0.717) is 43.7 Å². The molecule has 0 fully saturated rings. The number of likely N-dealkylation sites (N-methyl/N-ethyl adjacent to an activating group) is 1. The van der Waals surface area contributed by atoms with Crippen LogP contribution in [-0.4, -0.2) is 112 Å². The van der Waals surface area contributed by atoms with Crippen LogP contribution < -0.4 is 10.1 Å². The number of rotatable bonds is 11. The maximum atomic E-state index is 14.3. The number of sulfonamides is 1. The number of carbonyl (C=O) groups is 2. The number of amides is 2. The van der Waals surface area contributed by atoms with E-state index in [0.717, 1.165) is 25.1 Å². The minimum Gasteiger partial charge on any atom is -0.490 e. The van der Waals surface area contributed by atoms with Gasteiger partial charge in [-0.2, -0.15) is 4.31 Å². The van der Waals surface area contributed by atoms with Gasteiger partial charge in [0.2, 0.25) is 15.9 Å². The highest BCUT2D eigenvalue weighted by Crippen LogP contribution is 2.29. The first kappa shape index (κ1) is 38.3. The number of carbonyl (C=O) groups excluding carboxylic acids is 2. The Hall–Kier alpha value is -3.10. The van der Waals surface area contributed by atoms with E-state index in [2.05, 4.69) is 5.32 Å². The Bertz CT molecular complexity index is 1420. The van der Waals surface area contributed by atoms with Crippen LogP contribution in [0.15, 0.2) is 47.4 Å². The Morgan fingerprint density at radius 2 is 1.83 bits per heavy atom. The fourth-order valence-electron chi connectivity index (χ4n) is 5.38. The minimum absolute atomic E-state index is 0.00346. The van der Waals surface area contributed by atoms with Crippen LogP contribution in [0.2, 0.25) is 0 Å². The van der Waals surface area contributed by atoms with Crippen molar-refractivity contribution in [1.29, 1.82) is 0 Å². The van der Waals surface area contributed by atoms with Gasteiger partial charge in [-0.25, -0.2) is 12.8 Å². The number of benzene rings is 2. The average Bonchev–Trinajstić information content (AvgIpc) is 3.02. The second kappa shape index (κ2) is 17.9. The predicted molar refractivity (Wildman–Crippen MR) is 180 cm³/mol. The highest BCUT2D eigenvalue weighted by molar-refractivity contribution is 7.89. The van der Waals surface area contributed by atoms with Gasteiger partial charge in [0.1, 0.15) is 11.6 Å². The van der Waals surface area contributed by atoms with E-state index in [4.69, 9.17) is 9.47 Å². The van der Waals surface area contributed by atoms with Crippen LogP contribution in [0.1, 0.15) is 63.2 Å². The van der Waals surface area contributed by atoms with Crippen LogP contribution in [0, 0.1) is 11.7 Å². The Morgan fingerprint density at radius 3 is 2.49 bits per heavy atom. The zero-order chi connectivity index (χ0) is 34.7. The molecule has 1 heterocycles. The Labute approximate surface area is 279 Å². The molecule has 0 aliphatic carbocycles. The number of hydrogen-bond acceptors (Lipinski definition) is 8. The molecule has 47 heavy (non-hydrogen) atoms. The molecule has 3 rings (SSSR count). The summed E-state index contributed by atoms with van der Waals surface area (Å²) in [6.07, 6.45) is 2.39. The summed E-state index contributed by atoms with van der Waals surface area (Å²) in [5.74, 6) is -1.07. The number of anilines is 1. The molecule has 0 spiro atoms. The SMILES string of the molecule is C[C@H](CO)N1C[C@H](C)[C@@H](CN(C)S(=O)(=O)c2ccc(F)cc2)OCCCC[C@H](C)Oc2ccc(NC(=O)CCCN(C)C)cc2C1=O. The minimum atomic E-state index is -3.94. The molecule has 0 saturated carbocycles. The Kier molecular flexibility index (Phi) is 14.6. The molecule has 0 radical (unpaired) electrons. The van der Waals surface area contributed by atoms with Gasteiger partial charge in [-0.1, -0.05) is 6.92 Å². The first-order valence-electron chi connectivity index (χ1n) is 16.2. The summed E-state index contributed by atoms with van der Waals surface area (Å²) in [5, 5.41) is 13.1. The zero-order valence-electron chi connectivity index (χ0n) is 28.4. The summed E-state index contributed by atoms with van der Waals surface area (Å²) in [4.78, 5) is 30.5. The van der Waals surface area contributed by atoms with Gasteiger partial charge in [0.15, 0.2) is 0 Å². The van der Waals surface area contributed by atoms with E-state index < -0.39 is 33.9 Å². The topological polar surface area (TPSA) is 129 Å². The van der Waals surface area contributed by atoms with E-state index in [-0.39, 0.29) is 48.1 Å². The molecule has 262 valence electrons. The van der Waals surface area contributed by atoms with Gasteiger partial charge in [0.25, 0.3) is 5.91 Å². The average molecular weight is 679 g/mol. The second-order valence-corrected chi connectivity index (χ2v) is 14.8. The van der Waals surface area contributed by atoms with Gasteiger partial charge in [-0.05, 0) is 103 Å². The third-order valence-electron chi connectivity index (χ3n) is 8.30. The number of fused-ring (bicyclic) bond motifs is 1. The van der Waals surface area contributed by atoms with Crippen LogP contribution in [0.3, 0.4) is 0 Å². The van der Waals surface area contributed by atoms with Crippen molar-refractivity contribution in [2.24, 2.45) is 5.92 Å². The summed E-state index contributed by atoms with van der Waals surface area (Å²) >= 11 is 0. The number of nitrogens with zero attached hydrogens (tertiary/aromatic N) is 3. The summed E-state index contributed by atoms with van der Waals surface area (Å²) in [6, 6.07) is 9.09. The van der Waals surface area contributed by atoms with Crippen LogP contribution in [-0.2, 0) is 19.6 Å². The molecule has 0 aromatic heterocycles. The van der Waals surface area contributed by atoms with Crippen molar-refractivity contribution < 1.29 is 37.0 Å². The second-order valence-electron chi connectivity index (χ2n) is 12.7. The summed E-state index contributed by atoms with van der Waals surface area (Å²) in [6.45, 7) is 6.52. The van der Waals surface area contributed by atoms with Crippen molar-refractivity contribution >= 4 is 27.5 Å². The van der Waals surface area contributed by atoms with Crippen molar-refractivity contribution in [1.82, 2.24) is 14.1 Å². The lowest BCUT2D eigenvalue weighted by Gasteiger charge is -2.35. The highest BCUT2D eigenvalue weighted by Gasteiger charge is 2.32. The lowest BCUT2D eigenvalue weighted by atomic mass is 10.0. The van der Waals surface area contributed by atoms with E-state index in [9.17, 15) is 27.5 Å². The maximum Gasteiger partial charge on any atom is 0.258 e. The third kappa shape index (κ3) is 11.2. The third-order valence-corrected chi connectivity index (χ3v) is 10.1. The standard InChI is InChI=1S/C34H51FN4O7S/c1-24-21-39(25(2)23-40)34(42)30-20-28(36-33(41)11-9-18-37(4)5)14-17-31(30)46-26(3)10-7-8-19-45-32(24)22-38(6)47(43,44)29-15-12-27(35)13-16-29/h12-17,20,24-26,32,40H,7-11,18-19,21-23H2,1-6H3,(H,36,41)/t24-,25+,26-,32+/m0/s1. The van der Waals surface area contributed by atoms with Crippen molar-refractivity contribution in [3.05, 3.63) is 53.8 Å². The van der Waals surface area contributed by atoms with Crippen LogP contribution in [0.4, 0.5) is 10.1 Å². The molecule has 1 aliphatic heterocycles. The van der Waals surface area contributed by atoms with Gasteiger partial charge in [0.05, 0.1) is 35.3 Å². The number of hydrogen-bond donors (Lipinski definition) is 2. The molecule has 2 N–H and O–H groups in total. The number of ether oxygens (including phenoxy) is 2. The van der Waals surface area contributed by atoms with Gasteiger partial charge in [0, 0.05) is 44.8 Å².